The largest absolute Gasteiger partial charge is 0.447 e. The maximum Gasteiger partial charge on any atom is 0.304 e. The normalized spacial score (nSPS) is 31.3. The van der Waals surface area contributed by atoms with Crippen molar-refractivity contribution < 1.29 is 9.53 Å². The first-order valence-corrected chi connectivity index (χ1v) is 7.38. The third-order valence-electron chi connectivity index (χ3n) is 2.64. The van der Waals surface area contributed by atoms with E-state index < -0.39 is 0 Å². The van der Waals surface area contributed by atoms with E-state index in [0.717, 1.165) is 5.08 Å². The van der Waals surface area contributed by atoms with Crippen LogP contribution in [0.1, 0.15) is 34.6 Å². The zero-order valence-electron chi connectivity index (χ0n) is 10.1. The van der Waals surface area contributed by atoms with Crippen molar-refractivity contribution in [2.24, 2.45) is 11.8 Å². The minimum Gasteiger partial charge on any atom is -0.447 e. The van der Waals surface area contributed by atoms with E-state index >= 15 is 0 Å². The summed E-state index contributed by atoms with van der Waals surface area (Å²) in [5.74, 6) is 0.727. The zero-order valence-corrected chi connectivity index (χ0v) is 11.7. The maximum atomic E-state index is 11.2. The summed E-state index contributed by atoms with van der Waals surface area (Å²) >= 11 is 3.70. The summed E-state index contributed by atoms with van der Waals surface area (Å²) < 4.78 is 5.64. The fourth-order valence-electron chi connectivity index (χ4n) is 1.98. The fraction of sp³-hybridized carbons (Fsp3) is 0.909. The molecule has 1 aliphatic heterocycles. The SMILES string of the molecule is CC(=O)OC1(C(C)C)SCSC1C(C)C. The molecule has 1 aliphatic rings. The molecule has 1 fully saturated rings. The number of esters is 1. The molecule has 15 heavy (non-hydrogen) atoms. The standard InChI is InChI=1S/C11H20O2S2/c1-7(2)10-11(8(3)4,13-9(5)12)15-6-14-10/h7-8,10H,6H2,1-5H3. The van der Waals surface area contributed by atoms with E-state index in [0.29, 0.717) is 17.1 Å². The van der Waals surface area contributed by atoms with Crippen LogP contribution in [-0.2, 0) is 9.53 Å². The van der Waals surface area contributed by atoms with Gasteiger partial charge in [-0.1, -0.05) is 27.7 Å². The first-order valence-electron chi connectivity index (χ1n) is 5.35. The number of carbonyl (C=O) groups is 1. The minimum atomic E-state index is -0.315. The van der Waals surface area contributed by atoms with Gasteiger partial charge in [0.1, 0.15) is 0 Å². The summed E-state index contributed by atoms with van der Waals surface area (Å²) in [6.45, 7) is 10.2. The van der Waals surface area contributed by atoms with Gasteiger partial charge in [0.2, 0.25) is 0 Å². The summed E-state index contributed by atoms with van der Waals surface area (Å²) in [6.07, 6.45) is 0. The van der Waals surface area contributed by atoms with Gasteiger partial charge in [0.15, 0.2) is 4.93 Å². The summed E-state index contributed by atoms with van der Waals surface area (Å²) in [5.41, 5.74) is 0. The quantitative estimate of drug-likeness (QED) is 0.715. The number of carbonyl (C=O) groups excluding carboxylic acids is 1. The molecule has 0 saturated carbocycles. The van der Waals surface area contributed by atoms with Gasteiger partial charge in [-0.15, -0.1) is 23.5 Å². The van der Waals surface area contributed by atoms with Gasteiger partial charge in [-0.25, -0.2) is 0 Å². The van der Waals surface area contributed by atoms with Crippen LogP contribution in [0.5, 0.6) is 0 Å². The van der Waals surface area contributed by atoms with Gasteiger partial charge in [-0.3, -0.25) is 4.79 Å². The van der Waals surface area contributed by atoms with Gasteiger partial charge in [0, 0.05) is 17.9 Å². The number of thioether (sulfide) groups is 2. The van der Waals surface area contributed by atoms with E-state index in [1.54, 1.807) is 11.8 Å². The predicted octanol–water partition coefficient (Wildman–Crippen LogP) is 3.36. The minimum absolute atomic E-state index is 0.163. The van der Waals surface area contributed by atoms with Crippen molar-refractivity contribution >= 4 is 29.5 Å². The van der Waals surface area contributed by atoms with Crippen LogP contribution in [0.3, 0.4) is 0 Å². The summed E-state index contributed by atoms with van der Waals surface area (Å²) in [5, 5.41) is 1.43. The van der Waals surface area contributed by atoms with Gasteiger partial charge in [0.25, 0.3) is 0 Å². The molecule has 2 nitrogen and oxygen atoms in total. The molecule has 1 rings (SSSR count). The molecular formula is C11H20O2S2. The average molecular weight is 248 g/mol. The molecule has 0 bridgehead atoms. The van der Waals surface area contributed by atoms with Crippen molar-refractivity contribution in [3.63, 3.8) is 0 Å². The Morgan fingerprint density at radius 3 is 2.40 bits per heavy atom. The van der Waals surface area contributed by atoms with Crippen LogP contribution in [-0.4, -0.2) is 21.2 Å². The van der Waals surface area contributed by atoms with E-state index in [9.17, 15) is 4.79 Å². The van der Waals surface area contributed by atoms with Crippen molar-refractivity contribution in [1.82, 2.24) is 0 Å². The van der Waals surface area contributed by atoms with Crippen LogP contribution in [0.15, 0.2) is 0 Å². The second-order valence-electron chi connectivity index (χ2n) is 4.56. The lowest BCUT2D eigenvalue weighted by Gasteiger charge is -2.38. The second-order valence-corrected chi connectivity index (χ2v) is 7.27. The smallest absolute Gasteiger partial charge is 0.304 e. The molecule has 0 spiro atoms. The molecule has 0 radical (unpaired) electrons. The number of hydrogen-bond acceptors (Lipinski definition) is 4. The van der Waals surface area contributed by atoms with Crippen molar-refractivity contribution in [3.05, 3.63) is 0 Å². The van der Waals surface area contributed by atoms with Crippen LogP contribution in [0, 0.1) is 11.8 Å². The highest BCUT2D eigenvalue weighted by Gasteiger charge is 2.51. The monoisotopic (exact) mass is 248 g/mol. The third kappa shape index (κ3) is 2.64. The number of ether oxygens (including phenoxy) is 1. The summed E-state index contributed by atoms with van der Waals surface area (Å²) in [4.78, 5) is 10.9. The van der Waals surface area contributed by atoms with E-state index in [2.05, 4.69) is 27.7 Å². The fourth-order valence-corrected chi connectivity index (χ4v) is 5.87. The highest BCUT2D eigenvalue weighted by atomic mass is 32.2. The predicted molar refractivity (Wildman–Crippen MR) is 68.0 cm³/mol. The second kappa shape index (κ2) is 5.00. The number of rotatable bonds is 3. The molecule has 0 aromatic heterocycles. The van der Waals surface area contributed by atoms with E-state index in [1.807, 2.05) is 11.8 Å². The molecule has 0 aromatic carbocycles. The molecule has 2 unspecified atom stereocenters. The van der Waals surface area contributed by atoms with Crippen LogP contribution in [0.4, 0.5) is 0 Å². The zero-order chi connectivity index (χ0) is 11.6. The van der Waals surface area contributed by atoms with Crippen molar-refractivity contribution in [1.29, 1.82) is 0 Å². The highest BCUT2D eigenvalue weighted by Crippen LogP contribution is 2.53. The van der Waals surface area contributed by atoms with Crippen molar-refractivity contribution in [2.75, 3.05) is 5.08 Å². The molecule has 88 valence electrons. The molecule has 0 aliphatic carbocycles. The first-order chi connectivity index (χ1) is 6.90. The molecule has 2 atom stereocenters. The van der Waals surface area contributed by atoms with Gasteiger partial charge in [0.05, 0.1) is 5.25 Å². The molecule has 0 amide bonds. The lowest BCUT2D eigenvalue weighted by Crippen LogP contribution is -2.45. The van der Waals surface area contributed by atoms with Gasteiger partial charge >= 0.3 is 5.97 Å². The molecule has 0 aromatic rings. The molecule has 4 heteroatoms. The Kier molecular flexibility index (Phi) is 4.41. The van der Waals surface area contributed by atoms with Gasteiger partial charge in [-0.2, -0.15) is 0 Å². The Hall–Kier alpha value is 0.170. The summed E-state index contributed by atoms with van der Waals surface area (Å²) in [6, 6.07) is 0. The van der Waals surface area contributed by atoms with E-state index in [-0.39, 0.29) is 10.9 Å². The first kappa shape index (κ1) is 13.2. The highest BCUT2D eigenvalue weighted by molar-refractivity contribution is 8.20. The maximum absolute atomic E-state index is 11.2. The molecule has 1 heterocycles. The topological polar surface area (TPSA) is 26.3 Å². The van der Waals surface area contributed by atoms with Crippen molar-refractivity contribution in [3.8, 4) is 0 Å². The third-order valence-corrected chi connectivity index (χ3v) is 6.32. The van der Waals surface area contributed by atoms with Crippen LogP contribution >= 0.6 is 23.5 Å². The molecular weight excluding hydrogens is 228 g/mol. The van der Waals surface area contributed by atoms with E-state index in [1.165, 1.54) is 6.92 Å². The number of hydrogen-bond donors (Lipinski definition) is 0. The Morgan fingerprint density at radius 1 is 1.40 bits per heavy atom. The van der Waals surface area contributed by atoms with Crippen LogP contribution in [0.2, 0.25) is 0 Å². The van der Waals surface area contributed by atoms with Crippen LogP contribution in [0.25, 0.3) is 0 Å². The van der Waals surface area contributed by atoms with E-state index in [4.69, 9.17) is 4.74 Å². The van der Waals surface area contributed by atoms with Crippen LogP contribution < -0.4 is 0 Å². The summed E-state index contributed by atoms with van der Waals surface area (Å²) in [7, 11) is 0. The lowest BCUT2D eigenvalue weighted by molar-refractivity contribution is -0.152. The molecule has 0 N–H and O–H groups in total. The lowest BCUT2D eigenvalue weighted by atomic mass is 9.95. The van der Waals surface area contributed by atoms with Gasteiger partial charge in [-0.05, 0) is 5.92 Å². The Morgan fingerprint density at radius 2 is 2.00 bits per heavy atom. The Labute approximate surface area is 101 Å². The Bertz CT molecular complexity index is 241. The van der Waals surface area contributed by atoms with Gasteiger partial charge < -0.3 is 4.74 Å². The Balaban J connectivity index is 2.92. The van der Waals surface area contributed by atoms with Crippen molar-refractivity contribution in [2.45, 2.75) is 44.8 Å². The average Bonchev–Trinajstić information content (AvgIpc) is 2.47. The molecule has 1 saturated heterocycles.